The second-order valence-corrected chi connectivity index (χ2v) is 15.2. The molecule has 2 aromatic heterocycles. The van der Waals surface area contributed by atoms with Crippen molar-refractivity contribution in [3.05, 3.63) is 121 Å². The zero-order chi connectivity index (χ0) is 53.6. The van der Waals surface area contributed by atoms with Crippen LogP contribution in [0.15, 0.2) is 110 Å². The molecule has 2 saturated heterocycles. The van der Waals surface area contributed by atoms with E-state index < -0.39 is 96.2 Å². The highest BCUT2D eigenvalue weighted by Crippen LogP contribution is 2.32. The highest BCUT2D eigenvalue weighted by molar-refractivity contribution is 6.02. The Hall–Kier alpha value is -9.12. The number of nitrogens with zero attached hydrogens (tertiary/aromatic N) is 8. The Kier molecular flexibility index (Phi) is 15.2. The highest BCUT2D eigenvalue weighted by atomic mass is 19.4. The fourth-order valence-corrected chi connectivity index (χ4v) is 6.42. The van der Waals surface area contributed by atoms with Crippen molar-refractivity contribution in [2.24, 2.45) is 0 Å². The minimum absolute atomic E-state index is 0.134. The molecule has 4 heterocycles. The summed E-state index contributed by atoms with van der Waals surface area (Å²) in [5, 5.41) is 10.6. The van der Waals surface area contributed by atoms with Crippen LogP contribution in [0.3, 0.4) is 0 Å². The van der Waals surface area contributed by atoms with Gasteiger partial charge in [-0.05, 0) is 48.5 Å². The predicted octanol–water partition coefficient (Wildman–Crippen LogP) is 7.86. The molecule has 8 rings (SSSR count). The topological polar surface area (TPSA) is 228 Å². The van der Waals surface area contributed by atoms with Crippen molar-refractivity contribution in [2.75, 3.05) is 13.2 Å². The maximum atomic E-state index is 14.5. The van der Waals surface area contributed by atoms with Crippen LogP contribution in [0, 0.1) is 0 Å². The van der Waals surface area contributed by atoms with Crippen LogP contribution in [-0.4, -0.2) is 101 Å². The number of hydroxylamine groups is 4. The molecule has 0 bridgehead atoms. The summed E-state index contributed by atoms with van der Waals surface area (Å²) in [5.74, 6) is -10.7. The summed E-state index contributed by atoms with van der Waals surface area (Å²) in [6.45, 7) is -2.58. The SMILES string of the molecule is O=C(NCC(F)(F)c1ccc(-c2ncn(-c3ccc(OC(F)(F)F)cc3)n2)cc1)ON1C(=O)CCC1=O.O=C(OCC(F)(F)c1ccc(-c2ncn(-c3ccc(OC(F)(F)F)cc3)n2)cc1)ON1C(=O)CCC1=O. The normalized spacial score (nSPS) is 14.1. The average Bonchev–Trinajstić information content (AvgIpc) is 4.17. The van der Waals surface area contributed by atoms with Gasteiger partial charge < -0.3 is 24.4 Å². The monoisotopic (exact) mass is 1050 g/mol. The molecule has 388 valence electrons. The largest absolute Gasteiger partial charge is 0.573 e. The number of benzene rings is 4. The molecule has 74 heavy (non-hydrogen) atoms. The third-order valence-electron chi connectivity index (χ3n) is 9.96. The van der Waals surface area contributed by atoms with Gasteiger partial charge in [-0.3, -0.25) is 24.0 Å². The molecule has 0 atom stereocenters. The van der Waals surface area contributed by atoms with Crippen molar-refractivity contribution in [3.63, 3.8) is 0 Å². The highest BCUT2D eigenvalue weighted by Gasteiger charge is 2.39. The lowest BCUT2D eigenvalue weighted by molar-refractivity contribution is -0.275. The number of ether oxygens (including phenoxy) is 3. The van der Waals surface area contributed by atoms with Crippen molar-refractivity contribution >= 4 is 35.9 Å². The standard InChI is InChI=1S/C22H16F5N5O5.C22H15F5N4O6/c23-21(24,11-28-20(35)37-32-17(33)9-10-18(32)34)14-3-1-13(2-4-14)19-29-12-31(30-19)15-5-7-16(8-6-15)36-22(25,26)27;23-21(24,11-35-20(34)37-31-17(32)9-10-18(31)33)14-3-1-13(2-4-14)19-28-12-30(29-19)15-5-7-16(8-6-15)36-22(25,26)27/h1-8,12H,9-11H2,(H,28,35);1-8,12H,9-11H2. The van der Waals surface area contributed by atoms with Crippen LogP contribution in [0.5, 0.6) is 11.5 Å². The van der Waals surface area contributed by atoms with E-state index in [0.29, 0.717) is 22.5 Å². The van der Waals surface area contributed by atoms with Gasteiger partial charge in [0.1, 0.15) is 24.2 Å². The molecule has 2 fully saturated rings. The Bertz CT molecular complexity index is 2790. The van der Waals surface area contributed by atoms with Gasteiger partial charge in [0.2, 0.25) is 0 Å². The molecule has 0 spiro atoms. The summed E-state index contributed by atoms with van der Waals surface area (Å²) in [6.07, 6.45) is -10.7. The van der Waals surface area contributed by atoms with E-state index in [0.717, 1.165) is 48.5 Å². The first kappa shape index (κ1) is 52.7. The second-order valence-electron chi connectivity index (χ2n) is 15.2. The summed E-state index contributed by atoms with van der Waals surface area (Å²) >= 11 is 0. The molecule has 30 heteroatoms. The van der Waals surface area contributed by atoms with Crippen LogP contribution in [0.1, 0.15) is 36.8 Å². The number of carbonyl (C=O) groups excluding carboxylic acids is 6. The van der Waals surface area contributed by atoms with E-state index in [1.165, 1.54) is 70.5 Å². The molecule has 0 radical (unpaired) electrons. The van der Waals surface area contributed by atoms with Crippen molar-refractivity contribution in [1.29, 1.82) is 0 Å². The van der Waals surface area contributed by atoms with E-state index in [4.69, 9.17) is 0 Å². The molecule has 6 aromatic rings. The van der Waals surface area contributed by atoms with Crippen LogP contribution < -0.4 is 14.8 Å². The Balaban J connectivity index is 0.000000216. The van der Waals surface area contributed by atoms with E-state index in [2.05, 4.69) is 44.1 Å². The summed E-state index contributed by atoms with van der Waals surface area (Å²) < 4.78 is 146. The lowest BCUT2D eigenvalue weighted by Crippen LogP contribution is -2.40. The number of aromatic nitrogens is 6. The number of carbonyl (C=O) groups is 6. The van der Waals surface area contributed by atoms with Crippen LogP contribution in [0.2, 0.25) is 0 Å². The van der Waals surface area contributed by atoms with Crippen LogP contribution >= 0.6 is 0 Å². The Morgan fingerprint density at radius 1 is 0.514 bits per heavy atom. The molecule has 4 aromatic carbocycles. The molecule has 5 amide bonds. The summed E-state index contributed by atoms with van der Waals surface area (Å²) in [5.41, 5.74) is 0.501. The lowest BCUT2D eigenvalue weighted by atomic mass is 10.1. The third kappa shape index (κ3) is 13.6. The minimum Gasteiger partial charge on any atom is -0.426 e. The number of amides is 5. The molecule has 0 unspecified atom stereocenters. The van der Waals surface area contributed by atoms with E-state index in [1.54, 1.807) is 0 Å². The quantitative estimate of drug-likeness (QED) is 0.0622. The van der Waals surface area contributed by atoms with Gasteiger partial charge in [0.15, 0.2) is 18.3 Å². The van der Waals surface area contributed by atoms with Gasteiger partial charge in [-0.1, -0.05) is 53.6 Å². The molecule has 0 aliphatic carbocycles. The first-order valence-electron chi connectivity index (χ1n) is 20.9. The number of rotatable bonds is 14. The predicted molar refractivity (Wildman–Crippen MR) is 224 cm³/mol. The smallest absolute Gasteiger partial charge is 0.426 e. The van der Waals surface area contributed by atoms with Crippen LogP contribution in [-0.2, 0) is 45.4 Å². The van der Waals surface area contributed by atoms with Gasteiger partial charge in [-0.15, -0.1) is 41.6 Å². The molecule has 2 aliphatic rings. The van der Waals surface area contributed by atoms with E-state index in [1.807, 2.05) is 5.32 Å². The van der Waals surface area contributed by atoms with Crippen molar-refractivity contribution in [2.45, 2.75) is 50.3 Å². The maximum absolute atomic E-state index is 14.5. The first-order valence-corrected chi connectivity index (χ1v) is 20.9. The summed E-state index contributed by atoms with van der Waals surface area (Å²) in [7, 11) is 0. The molecule has 0 saturated carbocycles. The first-order chi connectivity index (χ1) is 34.8. The van der Waals surface area contributed by atoms with E-state index in [9.17, 15) is 72.7 Å². The average molecular weight is 1050 g/mol. The Morgan fingerprint density at radius 2 is 0.892 bits per heavy atom. The number of hydrogen-bond donors (Lipinski definition) is 1. The number of hydrogen-bond acceptors (Lipinski definition) is 15. The van der Waals surface area contributed by atoms with Crippen molar-refractivity contribution < 1.29 is 96.6 Å². The van der Waals surface area contributed by atoms with Gasteiger partial charge >= 0.3 is 30.9 Å². The van der Waals surface area contributed by atoms with Gasteiger partial charge in [-0.2, -0.15) is 17.6 Å². The number of alkyl halides is 10. The number of nitrogens with one attached hydrogen (secondary N) is 1. The minimum atomic E-state index is -4.82. The fourth-order valence-electron chi connectivity index (χ4n) is 6.42. The van der Waals surface area contributed by atoms with Crippen molar-refractivity contribution in [1.82, 2.24) is 45.0 Å². The van der Waals surface area contributed by atoms with Crippen LogP contribution in [0.25, 0.3) is 34.2 Å². The summed E-state index contributed by atoms with van der Waals surface area (Å²) in [4.78, 5) is 86.0. The van der Waals surface area contributed by atoms with Gasteiger partial charge in [0, 0.05) is 47.9 Å². The van der Waals surface area contributed by atoms with Crippen LogP contribution in [0.4, 0.5) is 53.5 Å². The summed E-state index contributed by atoms with van der Waals surface area (Å²) in [6, 6.07) is 19.2. The molecule has 20 nitrogen and oxygen atoms in total. The second kappa shape index (κ2) is 21.3. The van der Waals surface area contributed by atoms with Gasteiger partial charge in [-0.25, -0.2) is 28.9 Å². The number of halogens is 10. The maximum Gasteiger partial charge on any atom is 0.573 e. The molecule has 1 N–H and O–H groups in total. The van der Waals surface area contributed by atoms with Gasteiger partial charge in [0.25, 0.3) is 29.6 Å². The number of imide groups is 2. The van der Waals surface area contributed by atoms with E-state index in [-0.39, 0.29) is 47.5 Å². The Labute approximate surface area is 406 Å². The third-order valence-corrected chi connectivity index (χ3v) is 9.96. The Morgan fingerprint density at radius 3 is 1.28 bits per heavy atom. The van der Waals surface area contributed by atoms with E-state index >= 15 is 0 Å². The lowest BCUT2D eigenvalue weighted by Gasteiger charge is -2.18. The fraction of sp³-hybridized carbons (Fsp3) is 0.227. The van der Waals surface area contributed by atoms with Crippen molar-refractivity contribution in [3.8, 4) is 45.6 Å². The molecular weight excluding hydrogens is 1020 g/mol. The zero-order valence-corrected chi connectivity index (χ0v) is 37.0. The zero-order valence-electron chi connectivity index (χ0n) is 37.0. The molecule has 2 aliphatic heterocycles. The molecular formula is C44H31F10N9O11. The van der Waals surface area contributed by atoms with Gasteiger partial charge in [0.05, 0.1) is 17.9 Å².